The second-order valence-electron chi connectivity index (χ2n) is 7.78. The van der Waals surface area contributed by atoms with E-state index in [0.717, 1.165) is 22.2 Å². The first-order chi connectivity index (χ1) is 15.5. The molecule has 0 atom stereocenters. The highest BCUT2D eigenvalue weighted by Gasteiger charge is 2.21. The molecule has 162 valence electrons. The number of nitrogens with zero attached hydrogens (tertiary/aromatic N) is 5. The molecule has 32 heavy (non-hydrogen) atoms. The molecule has 0 spiro atoms. The van der Waals surface area contributed by atoms with Gasteiger partial charge in [0.1, 0.15) is 11.6 Å². The predicted octanol–water partition coefficient (Wildman–Crippen LogP) is 3.14. The van der Waals surface area contributed by atoms with Crippen LogP contribution in [-0.4, -0.2) is 62.3 Å². The van der Waals surface area contributed by atoms with Crippen molar-refractivity contribution in [2.24, 2.45) is 0 Å². The topological polar surface area (TPSA) is 110 Å². The number of aromatic hydroxyl groups is 1. The molecule has 5 rings (SSSR count). The maximum atomic E-state index is 11.7. The molecule has 1 saturated heterocycles. The molecule has 0 radical (unpaired) electrons. The van der Waals surface area contributed by atoms with Crippen LogP contribution in [0.5, 0.6) is 5.75 Å². The number of hydrogen-bond acceptors (Lipinski definition) is 7. The van der Waals surface area contributed by atoms with Crippen LogP contribution in [0.2, 0.25) is 0 Å². The van der Waals surface area contributed by atoms with Gasteiger partial charge in [0.05, 0.1) is 17.4 Å². The van der Waals surface area contributed by atoms with Crippen molar-refractivity contribution in [2.45, 2.75) is 6.92 Å². The molecule has 1 aliphatic rings. The highest BCUT2D eigenvalue weighted by molar-refractivity contribution is 5.83. The Bertz CT molecular complexity index is 1280. The lowest BCUT2D eigenvalue weighted by atomic mass is 10.1. The van der Waals surface area contributed by atoms with E-state index in [1.165, 1.54) is 0 Å². The third-order valence-corrected chi connectivity index (χ3v) is 5.58. The van der Waals surface area contributed by atoms with Gasteiger partial charge in [-0.1, -0.05) is 12.1 Å². The second-order valence-corrected chi connectivity index (χ2v) is 7.78. The fourth-order valence-corrected chi connectivity index (χ4v) is 3.84. The number of aromatic amines is 1. The summed E-state index contributed by atoms with van der Waals surface area (Å²) in [5.74, 6) is 1.49. The van der Waals surface area contributed by atoms with E-state index in [2.05, 4.69) is 20.4 Å². The average molecular weight is 429 g/mol. The first-order valence-electron chi connectivity index (χ1n) is 10.4. The minimum atomic E-state index is 0.0797. The quantitative estimate of drug-likeness (QED) is 0.457. The number of aromatic nitrogens is 4. The number of carbonyl (C=O) groups excluding carboxylic acids is 1. The van der Waals surface area contributed by atoms with Crippen molar-refractivity contribution in [1.29, 1.82) is 0 Å². The number of hydrogen-bond donors (Lipinski definition) is 3. The Morgan fingerprint density at radius 3 is 2.69 bits per heavy atom. The van der Waals surface area contributed by atoms with Gasteiger partial charge in [-0.15, -0.1) is 0 Å². The molecule has 1 amide bonds. The van der Waals surface area contributed by atoms with Crippen molar-refractivity contribution < 1.29 is 9.90 Å². The van der Waals surface area contributed by atoms with Gasteiger partial charge in [-0.2, -0.15) is 10.1 Å². The molecule has 0 aliphatic carbocycles. The van der Waals surface area contributed by atoms with Crippen LogP contribution in [0.15, 0.2) is 54.7 Å². The lowest BCUT2D eigenvalue weighted by Crippen LogP contribution is -2.48. The average Bonchev–Trinajstić information content (AvgIpc) is 3.27. The van der Waals surface area contributed by atoms with E-state index in [9.17, 15) is 9.90 Å². The van der Waals surface area contributed by atoms with Crippen molar-refractivity contribution >= 4 is 34.3 Å². The molecule has 1 fully saturated rings. The van der Waals surface area contributed by atoms with Gasteiger partial charge in [0.25, 0.3) is 0 Å². The molecule has 3 heterocycles. The van der Waals surface area contributed by atoms with Gasteiger partial charge in [0.15, 0.2) is 0 Å². The van der Waals surface area contributed by atoms with E-state index >= 15 is 0 Å². The molecular weight excluding hydrogens is 406 g/mol. The van der Waals surface area contributed by atoms with Gasteiger partial charge in [-0.05, 0) is 30.3 Å². The molecule has 9 nitrogen and oxygen atoms in total. The molecule has 2 aromatic carbocycles. The van der Waals surface area contributed by atoms with Gasteiger partial charge in [0.2, 0.25) is 11.9 Å². The predicted molar refractivity (Wildman–Crippen MR) is 123 cm³/mol. The number of anilines is 3. The van der Waals surface area contributed by atoms with E-state index < -0.39 is 0 Å². The normalized spacial score (nSPS) is 14.0. The summed E-state index contributed by atoms with van der Waals surface area (Å²) in [6, 6.07) is 14.8. The smallest absolute Gasteiger partial charge is 0.228 e. The summed E-state index contributed by atoms with van der Waals surface area (Å²) in [5, 5.41) is 21.3. The number of rotatable bonds is 4. The Kier molecular flexibility index (Phi) is 5.06. The van der Waals surface area contributed by atoms with Crippen molar-refractivity contribution in [1.82, 2.24) is 25.1 Å². The van der Waals surface area contributed by atoms with Crippen LogP contribution >= 0.6 is 0 Å². The number of fused-ring (bicyclic) bond motifs is 1. The Morgan fingerprint density at radius 1 is 1.06 bits per heavy atom. The molecule has 3 N–H and O–H groups in total. The molecule has 9 heteroatoms. The number of nitrogens with one attached hydrogen (secondary N) is 2. The maximum Gasteiger partial charge on any atom is 0.228 e. The van der Waals surface area contributed by atoms with Gasteiger partial charge >= 0.3 is 0 Å². The van der Waals surface area contributed by atoms with E-state index in [4.69, 9.17) is 9.97 Å². The zero-order chi connectivity index (χ0) is 22.1. The highest BCUT2D eigenvalue weighted by Crippen LogP contribution is 2.28. The molecule has 0 saturated carbocycles. The van der Waals surface area contributed by atoms with Crippen LogP contribution in [0, 0.1) is 0 Å². The monoisotopic (exact) mass is 429 g/mol. The standard InChI is InChI=1S/C23H23N7O2/c1-15(31)29-7-9-30(10-8-29)23-26-21(16-3-2-4-19(32)12-16)13-22(27-23)25-18-5-6-20-17(11-18)14-24-28-20/h2-6,11-14,32H,7-10H2,1H3,(H,24,28)(H,25,26,27). The molecular formula is C23H23N7O2. The van der Waals surface area contributed by atoms with E-state index in [-0.39, 0.29) is 11.7 Å². The Morgan fingerprint density at radius 2 is 1.91 bits per heavy atom. The fourth-order valence-electron chi connectivity index (χ4n) is 3.84. The summed E-state index contributed by atoms with van der Waals surface area (Å²) in [7, 11) is 0. The van der Waals surface area contributed by atoms with Crippen LogP contribution in [-0.2, 0) is 4.79 Å². The fraction of sp³-hybridized carbons (Fsp3) is 0.217. The lowest BCUT2D eigenvalue weighted by molar-refractivity contribution is -0.129. The maximum absolute atomic E-state index is 11.7. The first kappa shape index (κ1) is 19.8. The summed E-state index contributed by atoms with van der Waals surface area (Å²) in [4.78, 5) is 25.1. The van der Waals surface area contributed by atoms with Gasteiger partial charge in [-0.3, -0.25) is 9.89 Å². The summed E-state index contributed by atoms with van der Waals surface area (Å²) < 4.78 is 0. The van der Waals surface area contributed by atoms with Crippen LogP contribution in [0.4, 0.5) is 17.5 Å². The molecule has 4 aromatic rings. The Labute approximate surface area is 184 Å². The minimum Gasteiger partial charge on any atom is -0.508 e. The van der Waals surface area contributed by atoms with E-state index in [1.807, 2.05) is 35.2 Å². The third kappa shape index (κ3) is 4.04. The summed E-state index contributed by atoms with van der Waals surface area (Å²) in [6.07, 6.45) is 1.78. The number of amides is 1. The summed E-state index contributed by atoms with van der Waals surface area (Å²) in [5.41, 5.74) is 3.34. The zero-order valence-corrected chi connectivity index (χ0v) is 17.6. The third-order valence-electron chi connectivity index (χ3n) is 5.58. The first-order valence-corrected chi connectivity index (χ1v) is 10.4. The van der Waals surface area contributed by atoms with Gasteiger partial charge in [-0.25, -0.2) is 4.98 Å². The minimum absolute atomic E-state index is 0.0797. The van der Waals surface area contributed by atoms with Crippen molar-refractivity contribution in [3.8, 4) is 17.0 Å². The largest absolute Gasteiger partial charge is 0.508 e. The number of phenols is 1. The van der Waals surface area contributed by atoms with Crippen LogP contribution in [0.3, 0.4) is 0 Å². The van der Waals surface area contributed by atoms with Gasteiger partial charge < -0.3 is 20.2 Å². The number of H-pyrrole nitrogens is 1. The summed E-state index contributed by atoms with van der Waals surface area (Å²) >= 11 is 0. The highest BCUT2D eigenvalue weighted by atomic mass is 16.3. The number of phenolic OH excluding ortho intramolecular Hbond substituents is 1. The second kappa shape index (κ2) is 8.18. The number of carbonyl (C=O) groups is 1. The number of piperazine rings is 1. The zero-order valence-electron chi connectivity index (χ0n) is 17.6. The Balaban J connectivity index is 1.49. The molecule has 2 aromatic heterocycles. The van der Waals surface area contributed by atoms with Crippen LogP contribution in [0.1, 0.15) is 6.92 Å². The van der Waals surface area contributed by atoms with Gasteiger partial charge in [0, 0.05) is 55.8 Å². The SMILES string of the molecule is CC(=O)N1CCN(c2nc(Nc3ccc4[nH]ncc4c3)cc(-c3cccc(O)c3)n2)CC1. The lowest BCUT2D eigenvalue weighted by Gasteiger charge is -2.34. The Hall–Kier alpha value is -4.14. The molecule has 0 unspecified atom stereocenters. The summed E-state index contributed by atoms with van der Waals surface area (Å²) in [6.45, 7) is 4.17. The molecule has 0 bridgehead atoms. The van der Waals surface area contributed by atoms with E-state index in [1.54, 1.807) is 31.3 Å². The van der Waals surface area contributed by atoms with Crippen LogP contribution in [0.25, 0.3) is 22.2 Å². The van der Waals surface area contributed by atoms with Crippen LogP contribution < -0.4 is 10.2 Å². The molecule has 1 aliphatic heterocycles. The number of benzene rings is 2. The van der Waals surface area contributed by atoms with Crippen molar-refractivity contribution in [3.63, 3.8) is 0 Å². The van der Waals surface area contributed by atoms with E-state index in [0.29, 0.717) is 43.6 Å². The van der Waals surface area contributed by atoms with Crippen molar-refractivity contribution in [2.75, 3.05) is 36.4 Å². The van der Waals surface area contributed by atoms with Crippen molar-refractivity contribution in [3.05, 3.63) is 54.7 Å².